The van der Waals surface area contributed by atoms with Crippen molar-refractivity contribution in [1.82, 2.24) is 4.90 Å². The lowest BCUT2D eigenvalue weighted by Gasteiger charge is -2.21. The number of carbonyl (C=O) groups excluding carboxylic acids is 1. The lowest BCUT2D eigenvalue weighted by atomic mass is 10.2. The van der Waals surface area contributed by atoms with E-state index in [1.807, 2.05) is 0 Å². The Morgan fingerprint density at radius 3 is 2.89 bits per heavy atom. The van der Waals surface area contributed by atoms with E-state index < -0.39 is 0 Å². The summed E-state index contributed by atoms with van der Waals surface area (Å²) in [5.74, 6) is -0.0809. The van der Waals surface area contributed by atoms with E-state index in [4.69, 9.17) is 23.2 Å². The Morgan fingerprint density at radius 2 is 2.21 bits per heavy atom. The first-order valence-electron chi connectivity index (χ1n) is 6.16. The Kier molecular flexibility index (Phi) is 4.86. The summed E-state index contributed by atoms with van der Waals surface area (Å²) in [7, 11) is 0. The molecule has 2 rings (SSSR count). The van der Waals surface area contributed by atoms with Gasteiger partial charge in [-0.1, -0.05) is 29.3 Å². The molecule has 1 fully saturated rings. The topological polar surface area (TPSA) is 40.5 Å². The molecule has 0 spiro atoms. The highest BCUT2D eigenvalue weighted by Crippen LogP contribution is 2.23. The van der Waals surface area contributed by atoms with Crippen molar-refractivity contribution >= 4 is 35.2 Å². The molecule has 3 nitrogen and oxygen atoms in total. The molecule has 0 unspecified atom stereocenters. The van der Waals surface area contributed by atoms with E-state index >= 15 is 0 Å². The maximum atomic E-state index is 12.0. The van der Waals surface area contributed by atoms with Gasteiger partial charge in [-0.25, -0.2) is 0 Å². The zero-order valence-electron chi connectivity index (χ0n) is 10.4. The molecule has 102 valence electrons. The van der Waals surface area contributed by atoms with Crippen molar-refractivity contribution < 1.29 is 9.90 Å². The molecular weight excluding hydrogens is 285 g/mol. The number of aliphatic hydroxyl groups is 1. The van der Waals surface area contributed by atoms with Gasteiger partial charge in [0.15, 0.2) is 0 Å². The maximum absolute atomic E-state index is 12.0. The second-order valence-corrected chi connectivity index (χ2v) is 5.33. The van der Waals surface area contributed by atoms with Gasteiger partial charge in [-0.15, -0.1) is 0 Å². The highest BCUT2D eigenvalue weighted by Gasteiger charge is 2.26. The number of halogens is 2. The van der Waals surface area contributed by atoms with Crippen molar-refractivity contribution in [2.75, 3.05) is 13.2 Å². The van der Waals surface area contributed by atoms with Crippen LogP contribution in [0.3, 0.4) is 0 Å². The third-order valence-electron chi connectivity index (χ3n) is 3.23. The zero-order chi connectivity index (χ0) is 13.8. The average molecular weight is 300 g/mol. The predicted molar refractivity (Wildman–Crippen MR) is 77.3 cm³/mol. The Balaban J connectivity index is 2.05. The molecule has 1 aliphatic rings. The van der Waals surface area contributed by atoms with Crippen LogP contribution in [0.5, 0.6) is 0 Å². The number of hydrogen-bond donors (Lipinski definition) is 1. The van der Waals surface area contributed by atoms with Crippen LogP contribution in [0.15, 0.2) is 24.3 Å². The molecule has 1 heterocycles. The number of likely N-dealkylation sites (tertiary alicyclic amines) is 1. The van der Waals surface area contributed by atoms with Gasteiger partial charge >= 0.3 is 0 Å². The molecule has 1 saturated heterocycles. The number of amides is 1. The van der Waals surface area contributed by atoms with Crippen molar-refractivity contribution in [2.45, 2.75) is 18.9 Å². The quantitative estimate of drug-likeness (QED) is 0.872. The first-order chi connectivity index (χ1) is 9.11. The van der Waals surface area contributed by atoms with Gasteiger partial charge in [0.1, 0.15) is 0 Å². The molecule has 1 aromatic carbocycles. The van der Waals surface area contributed by atoms with Crippen LogP contribution >= 0.6 is 23.2 Å². The molecule has 0 radical (unpaired) electrons. The summed E-state index contributed by atoms with van der Waals surface area (Å²) in [6, 6.07) is 5.15. The normalized spacial score (nSPS) is 19.3. The largest absolute Gasteiger partial charge is 0.394 e. The van der Waals surface area contributed by atoms with E-state index in [0.29, 0.717) is 16.6 Å². The molecule has 1 amide bonds. The Morgan fingerprint density at radius 1 is 1.42 bits per heavy atom. The van der Waals surface area contributed by atoms with Gasteiger partial charge < -0.3 is 10.0 Å². The van der Waals surface area contributed by atoms with Gasteiger partial charge in [-0.05, 0) is 36.6 Å². The summed E-state index contributed by atoms with van der Waals surface area (Å²) < 4.78 is 0. The fraction of sp³-hybridized carbons (Fsp3) is 0.357. The van der Waals surface area contributed by atoms with Gasteiger partial charge in [-0.3, -0.25) is 4.79 Å². The lowest BCUT2D eigenvalue weighted by molar-refractivity contribution is -0.127. The van der Waals surface area contributed by atoms with Crippen LogP contribution in [0.4, 0.5) is 0 Å². The number of hydrogen-bond acceptors (Lipinski definition) is 2. The fourth-order valence-electron chi connectivity index (χ4n) is 2.19. The molecule has 1 aromatic rings. The first-order valence-corrected chi connectivity index (χ1v) is 6.92. The van der Waals surface area contributed by atoms with Crippen LogP contribution in [-0.4, -0.2) is 35.1 Å². The van der Waals surface area contributed by atoms with Gasteiger partial charge in [0.05, 0.1) is 22.7 Å². The van der Waals surface area contributed by atoms with E-state index in [-0.39, 0.29) is 18.6 Å². The molecule has 0 aromatic heterocycles. The maximum Gasteiger partial charge on any atom is 0.246 e. The molecule has 0 bridgehead atoms. The van der Waals surface area contributed by atoms with Gasteiger partial charge in [0, 0.05) is 12.6 Å². The van der Waals surface area contributed by atoms with E-state index in [1.165, 1.54) is 6.08 Å². The number of aliphatic hydroxyl groups excluding tert-OH is 1. The summed E-state index contributed by atoms with van der Waals surface area (Å²) in [6.45, 7) is 0.724. The minimum absolute atomic E-state index is 0.0202. The van der Waals surface area contributed by atoms with Crippen LogP contribution in [-0.2, 0) is 4.79 Å². The van der Waals surface area contributed by atoms with Crippen LogP contribution in [0.25, 0.3) is 6.08 Å². The molecular formula is C14H15Cl2NO2. The predicted octanol–water partition coefficient (Wildman–Crippen LogP) is 2.99. The molecule has 5 heteroatoms. The Hall–Kier alpha value is -1.03. The van der Waals surface area contributed by atoms with Crippen molar-refractivity contribution in [2.24, 2.45) is 0 Å². The van der Waals surface area contributed by atoms with Crippen LogP contribution in [0.2, 0.25) is 10.0 Å². The van der Waals surface area contributed by atoms with Crippen molar-refractivity contribution in [3.05, 3.63) is 39.9 Å². The third-order valence-corrected chi connectivity index (χ3v) is 3.97. The average Bonchev–Trinajstić information content (AvgIpc) is 2.88. The van der Waals surface area contributed by atoms with E-state index in [2.05, 4.69) is 0 Å². The summed E-state index contributed by atoms with van der Waals surface area (Å²) >= 11 is 11.7. The van der Waals surface area contributed by atoms with Crippen molar-refractivity contribution in [3.63, 3.8) is 0 Å². The molecule has 1 aliphatic heterocycles. The van der Waals surface area contributed by atoms with Crippen molar-refractivity contribution in [3.8, 4) is 0 Å². The number of nitrogens with zero attached hydrogens (tertiary/aromatic N) is 1. The monoisotopic (exact) mass is 299 g/mol. The minimum atomic E-state index is -0.0809. The van der Waals surface area contributed by atoms with Crippen molar-refractivity contribution in [1.29, 1.82) is 0 Å². The second kappa shape index (κ2) is 6.42. The standard InChI is InChI=1S/C14H15Cl2NO2/c15-12-5-3-10(8-13(12)16)4-6-14(19)17-7-1-2-11(17)9-18/h3-6,8,11,18H,1-2,7,9H2/t11-/m1/s1. The van der Waals surface area contributed by atoms with E-state index in [9.17, 15) is 9.90 Å². The minimum Gasteiger partial charge on any atom is -0.394 e. The van der Waals surface area contributed by atoms with E-state index in [0.717, 1.165) is 18.4 Å². The highest BCUT2D eigenvalue weighted by molar-refractivity contribution is 6.42. The van der Waals surface area contributed by atoms with E-state index in [1.54, 1.807) is 29.2 Å². The first kappa shape index (κ1) is 14.4. The number of rotatable bonds is 3. The lowest BCUT2D eigenvalue weighted by Crippen LogP contribution is -2.36. The molecule has 1 N–H and O–H groups in total. The number of benzene rings is 1. The second-order valence-electron chi connectivity index (χ2n) is 4.52. The smallest absolute Gasteiger partial charge is 0.246 e. The molecule has 0 saturated carbocycles. The van der Waals surface area contributed by atoms with Gasteiger partial charge in [0.2, 0.25) is 5.91 Å². The summed E-state index contributed by atoms with van der Waals surface area (Å²) in [5.41, 5.74) is 0.822. The van der Waals surface area contributed by atoms with Gasteiger partial charge in [0.25, 0.3) is 0 Å². The molecule has 19 heavy (non-hydrogen) atoms. The van der Waals surface area contributed by atoms with Crippen LogP contribution in [0, 0.1) is 0 Å². The molecule has 1 atom stereocenters. The zero-order valence-corrected chi connectivity index (χ0v) is 11.9. The van der Waals surface area contributed by atoms with Crippen LogP contribution < -0.4 is 0 Å². The van der Waals surface area contributed by atoms with Crippen LogP contribution in [0.1, 0.15) is 18.4 Å². The highest BCUT2D eigenvalue weighted by atomic mass is 35.5. The number of carbonyl (C=O) groups is 1. The van der Waals surface area contributed by atoms with Gasteiger partial charge in [-0.2, -0.15) is 0 Å². The summed E-state index contributed by atoms with van der Waals surface area (Å²) in [4.78, 5) is 13.7. The third kappa shape index (κ3) is 3.50. The summed E-state index contributed by atoms with van der Waals surface area (Å²) in [6.07, 6.45) is 5.02. The SMILES string of the molecule is O=C(C=Cc1ccc(Cl)c(Cl)c1)N1CCC[C@@H]1CO. The Bertz CT molecular complexity index is 502. The summed E-state index contributed by atoms with van der Waals surface area (Å²) in [5, 5.41) is 10.1. The fourth-order valence-corrected chi connectivity index (χ4v) is 2.50. The molecule has 0 aliphatic carbocycles. The Labute approximate surface area is 122 Å².